The average molecular weight is 450 g/mol. The van der Waals surface area contributed by atoms with Crippen LogP contribution in [0.5, 0.6) is 0 Å². The van der Waals surface area contributed by atoms with E-state index in [0.717, 1.165) is 6.54 Å². The Labute approximate surface area is 158 Å². The van der Waals surface area contributed by atoms with E-state index in [4.69, 9.17) is 0 Å². The molecular formula is C15H23IN4O2S. The third-order valence-electron chi connectivity index (χ3n) is 3.79. The van der Waals surface area contributed by atoms with Crippen LogP contribution in [0.1, 0.15) is 25.3 Å². The third-order valence-corrected chi connectivity index (χ3v) is 5.33. The number of hydrogen-bond donors (Lipinski definition) is 2. The number of nitrogens with zero attached hydrogens (tertiary/aromatic N) is 2. The second kappa shape index (κ2) is 9.31. The van der Waals surface area contributed by atoms with Crippen molar-refractivity contribution >= 4 is 47.4 Å². The molecule has 0 aliphatic carbocycles. The van der Waals surface area contributed by atoms with E-state index < -0.39 is 0 Å². The fraction of sp³-hybridized carbons (Fsp3) is 0.533. The summed E-state index contributed by atoms with van der Waals surface area (Å²) < 4.78 is 0.246. The van der Waals surface area contributed by atoms with Crippen LogP contribution < -0.4 is 10.6 Å². The predicted molar refractivity (Wildman–Crippen MR) is 107 cm³/mol. The van der Waals surface area contributed by atoms with Gasteiger partial charge in [0.1, 0.15) is 0 Å². The highest BCUT2D eigenvalue weighted by atomic mass is 127. The number of nitro groups is 1. The fourth-order valence-electron chi connectivity index (χ4n) is 2.48. The summed E-state index contributed by atoms with van der Waals surface area (Å²) in [5.41, 5.74) is 0.778. The number of nitro benzene ring substituents is 1. The summed E-state index contributed by atoms with van der Waals surface area (Å²) in [6, 6.07) is 6.75. The molecule has 1 aliphatic heterocycles. The van der Waals surface area contributed by atoms with Gasteiger partial charge in [-0.3, -0.25) is 15.1 Å². The molecule has 0 amide bonds. The summed E-state index contributed by atoms with van der Waals surface area (Å²) in [6.45, 7) is 3.47. The lowest BCUT2D eigenvalue weighted by Crippen LogP contribution is -2.43. The van der Waals surface area contributed by atoms with Gasteiger partial charge in [0.05, 0.1) is 4.92 Å². The molecule has 2 rings (SSSR count). The summed E-state index contributed by atoms with van der Waals surface area (Å²) in [5, 5.41) is 17.5. The number of halogens is 1. The van der Waals surface area contributed by atoms with E-state index >= 15 is 0 Å². The number of aliphatic imine (C=N–C) groups is 1. The molecule has 1 heterocycles. The molecule has 1 aliphatic rings. The van der Waals surface area contributed by atoms with E-state index in [2.05, 4.69) is 22.5 Å². The number of guanidine groups is 1. The van der Waals surface area contributed by atoms with Crippen molar-refractivity contribution in [3.8, 4) is 0 Å². The van der Waals surface area contributed by atoms with Crippen LogP contribution in [0, 0.1) is 10.1 Å². The largest absolute Gasteiger partial charge is 0.355 e. The van der Waals surface area contributed by atoms with Gasteiger partial charge in [0.25, 0.3) is 5.69 Å². The van der Waals surface area contributed by atoms with Gasteiger partial charge in [-0.05, 0) is 25.5 Å². The second-order valence-electron chi connectivity index (χ2n) is 5.57. The molecule has 0 bridgehead atoms. The highest BCUT2D eigenvalue weighted by Gasteiger charge is 2.29. The molecule has 0 spiro atoms. The van der Waals surface area contributed by atoms with Crippen molar-refractivity contribution in [1.82, 2.24) is 10.6 Å². The zero-order valence-corrected chi connectivity index (χ0v) is 16.5. The maximum atomic E-state index is 11.0. The zero-order chi connectivity index (χ0) is 16.0. The number of para-hydroxylation sites is 1. The second-order valence-corrected chi connectivity index (χ2v) is 7.25. The van der Waals surface area contributed by atoms with Gasteiger partial charge in [0.2, 0.25) is 0 Å². The molecule has 1 atom stereocenters. The molecule has 1 aromatic rings. The molecule has 0 radical (unpaired) electrons. The first-order valence-electron chi connectivity index (χ1n) is 7.35. The quantitative estimate of drug-likeness (QED) is 0.237. The van der Waals surface area contributed by atoms with Gasteiger partial charge in [0, 0.05) is 36.5 Å². The van der Waals surface area contributed by atoms with Gasteiger partial charge in [0.15, 0.2) is 5.96 Å². The van der Waals surface area contributed by atoms with Crippen molar-refractivity contribution < 1.29 is 4.92 Å². The highest BCUT2D eigenvalue weighted by Crippen LogP contribution is 2.36. The van der Waals surface area contributed by atoms with Gasteiger partial charge in [-0.1, -0.05) is 18.2 Å². The molecular weight excluding hydrogens is 427 g/mol. The monoisotopic (exact) mass is 450 g/mol. The zero-order valence-electron chi connectivity index (χ0n) is 13.4. The molecule has 1 saturated heterocycles. The van der Waals surface area contributed by atoms with E-state index in [-0.39, 0.29) is 39.3 Å². The van der Waals surface area contributed by atoms with Crippen LogP contribution in [0.15, 0.2) is 29.3 Å². The molecule has 23 heavy (non-hydrogen) atoms. The van der Waals surface area contributed by atoms with E-state index in [1.54, 1.807) is 25.2 Å². The number of rotatable bonds is 5. The first kappa shape index (κ1) is 20.0. The van der Waals surface area contributed by atoms with Crippen molar-refractivity contribution in [2.75, 3.05) is 19.3 Å². The number of nitrogens with one attached hydrogen (secondary N) is 2. The van der Waals surface area contributed by atoms with E-state index in [1.165, 1.54) is 24.7 Å². The Hall–Kier alpha value is -1.03. The summed E-state index contributed by atoms with van der Waals surface area (Å²) >= 11 is 1.98. The summed E-state index contributed by atoms with van der Waals surface area (Å²) in [7, 11) is 1.71. The molecule has 2 N–H and O–H groups in total. The number of benzene rings is 1. The maximum absolute atomic E-state index is 11.0. The standard InChI is InChI=1S/C15H22N4O2S.HI/c1-15(8-5-9-22-15)11-18-14(16-2)17-10-12-6-3-4-7-13(12)19(20)21;/h3-4,6-7H,5,8-11H2,1-2H3,(H2,16,17,18);1H. The smallest absolute Gasteiger partial charge is 0.274 e. The van der Waals surface area contributed by atoms with Crippen LogP contribution >= 0.6 is 35.7 Å². The Kier molecular flexibility index (Phi) is 8.10. The third kappa shape index (κ3) is 5.83. The summed E-state index contributed by atoms with van der Waals surface area (Å²) in [5.74, 6) is 1.88. The molecule has 1 fully saturated rings. The van der Waals surface area contributed by atoms with Gasteiger partial charge in [-0.2, -0.15) is 11.8 Å². The highest BCUT2D eigenvalue weighted by molar-refractivity contribution is 14.0. The molecule has 8 heteroatoms. The topological polar surface area (TPSA) is 79.6 Å². The summed E-state index contributed by atoms with van der Waals surface area (Å²) in [6.07, 6.45) is 2.46. The Morgan fingerprint density at radius 3 is 2.78 bits per heavy atom. The summed E-state index contributed by atoms with van der Waals surface area (Å²) in [4.78, 5) is 14.8. The Balaban J connectivity index is 0.00000264. The minimum atomic E-state index is -0.358. The number of hydrogen-bond acceptors (Lipinski definition) is 4. The van der Waals surface area contributed by atoms with Crippen molar-refractivity contribution in [3.63, 3.8) is 0 Å². The normalized spacial score (nSPS) is 20.7. The fourth-order valence-corrected chi connectivity index (χ4v) is 3.73. The van der Waals surface area contributed by atoms with Gasteiger partial charge in [-0.25, -0.2) is 0 Å². The van der Waals surface area contributed by atoms with Crippen molar-refractivity contribution in [2.24, 2.45) is 4.99 Å². The lowest BCUT2D eigenvalue weighted by atomic mass is 10.1. The SMILES string of the molecule is CN=C(NCc1ccccc1[N+](=O)[O-])NCC1(C)CCCS1.I. The molecule has 6 nitrogen and oxygen atoms in total. The van der Waals surface area contributed by atoms with Crippen LogP contribution in [0.3, 0.4) is 0 Å². The van der Waals surface area contributed by atoms with E-state index in [9.17, 15) is 10.1 Å². The molecule has 0 aromatic heterocycles. The van der Waals surface area contributed by atoms with Crippen molar-refractivity contribution in [3.05, 3.63) is 39.9 Å². The van der Waals surface area contributed by atoms with Crippen LogP contribution in [0.4, 0.5) is 5.69 Å². The van der Waals surface area contributed by atoms with Crippen molar-refractivity contribution in [1.29, 1.82) is 0 Å². The van der Waals surface area contributed by atoms with Gasteiger partial charge >= 0.3 is 0 Å². The lowest BCUT2D eigenvalue weighted by molar-refractivity contribution is -0.385. The minimum absolute atomic E-state index is 0. The molecule has 1 unspecified atom stereocenters. The first-order valence-corrected chi connectivity index (χ1v) is 8.33. The Bertz CT molecular complexity index is 562. The Morgan fingerprint density at radius 2 is 2.17 bits per heavy atom. The van der Waals surface area contributed by atoms with Crippen LogP contribution in [-0.2, 0) is 6.54 Å². The lowest BCUT2D eigenvalue weighted by Gasteiger charge is -2.24. The molecule has 0 saturated carbocycles. The Morgan fingerprint density at radius 1 is 1.43 bits per heavy atom. The average Bonchev–Trinajstić information content (AvgIpc) is 2.95. The molecule has 128 valence electrons. The molecule has 1 aromatic carbocycles. The van der Waals surface area contributed by atoms with Crippen LogP contribution in [0.2, 0.25) is 0 Å². The number of thioether (sulfide) groups is 1. The van der Waals surface area contributed by atoms with Crippen LogP contribution in [0.25, 0.3) is 0 Å². The van der Waals surface area contributed by atoms with Crippen molar-refractivity contribution in [2.45, 2.75) is 31.1 Å². The van der Waals surface area contributed by atoms with Gasteiger partial charge in [-0.15, -0.1) is 24.0 Å². The first-order chi connectivity index (χ1) is 10.5. The van der Waals surface area contributed by atoms with Crippen LogP contribution in [-0.4, -0.2) is 35.0 Å². The van der Waals surface area contributed by atoms with E-state index in [1.807, 2.05) is 11.8 Å². The minimum Gasteiger partial charge on any atom is -0.355 e. The maximum Gasteiger partial charge on any atom is 0.274 e. The van der Waals surface area contributed by atoms with E-state index in [0.29, 0.717) is 18.1 Å². The predicted octanol–water partition coefficient (Wildman–Crippen LogP) is 3.16. The van der Waals surface area contributed by atoms with Gasteiger partial charge < -0.3 is 10.6 Å².